The number of carbonyl (C=O) groups excluding carboxylic acids is 3. The van der Waals surface area contributed by atoms with E-state index in [-0.39, 0.29) is 31.1 Å². The summed E-state index contributed by atoms with van der Waals surface area (Å²) in [6.07, 6.45) is 67.1. The second kappa shape index (κ2) is 56.2. The van der Waals surface area contributed by atoms with Gasteiger partial charge in [-0.25, -0.2) is 0 Å². The summed E-state index contributed by atoms with van der Waals surface area (Å²) in [6.45, 7) is 6.55. The van der Waals surface area contributed by atoms with E-state index in [4.69, 9.17) is 14.2 Å². The summed E-state index contributed by atoms with van der Waals surface area (Å²) >= 11 is 0. The van der Waals surface area contributed by atoms with Crippen LogP contribution in [0.25, 0.3) is 0 Å². The molecule has 6 heteroatoms. The first-order valence-corrected chi connectivity index (χ1v) is 29.5. The van der Waals surface area contributed by atoms with E-state index in [1.807, 2.05) is 0 Å². The summed E-state index contributed by atoms with van der Waals surface area (Å²) in [5.41, 5.74) is 0. The predicted octanol–water partition coefficient (Wildman–Crippen LogP) is 19.7. The quantitative estimate of drug-likeness (QED) is 0.0262. The molecule has 0 saturated carbocycles. The van der Waals surface area contributed by atoms with Gasteiger partial charge in [0.1, 0.15) is 13.2 Å². The van der Waals surface area contributed by atoms with Crippen LogP contribution in [0, 0.1) is 0 Å². The standard InChI is InChI=1S/C61H112O6/c1-4-7-10-13-16-19-22-25-28-29-30-31-34-36-39-42-45-48-51-54-60(63)66-57-58(67-61(64)55-52-49-46-43-40-37-33-27-24-21-18-15-12-9-6-3)56-65-59(62)53-50-47-44-41-38-35-32-26-23-20-17-14-11-8-5-2/h9,12,15,18,21,24,58H,4-8,10-11,13-14,16-17,19-20,22-23,25-57H2,1-3H3/b12-9-,18-15-,24-21-. The second-order valence-corrected chi connectivity index (χ2v) is 20.0. The van der Waals surface area contributed by atoms with Crippen LogP contribution in [0.15, 0.2) is 36.5 Å². The summed E-state index contributed by atoms with van der Waals surface area (Å²) in [5, 5.41) is 0. The number of allylic oxidation sites excluding steroid dienone is 6. The lowest BCUT2D eigenvalue weighted by molar-refractivity contribution is -0.167. The van der Waals surface area contributed by atoms with E-state index >= 15 is 0 Å². The molecule has 0 aromatic heterocycles. The van der Waals surface area contributed by atoms with Crippen molar-refractivity contribution in [2.45, 2.75) is 322 Å². The van der Waals surface area contributed by atoms with Crippen molar-refractivity contribution in [1.82, 2.24) is 0 Å². The Balaban J connectivity index is 4.31. The molecule has 0 spiro atoms. The van der Waals surface area contributed by atoms with Crippen molar-refractivity contribution in [2.75, 3.05) is 13.2 Å². The smallest absolute Gasteiger partial charge is 0.306 e. The van der Waals surface area contributed by atoms with E-state index in [1.165, 1.54) is 205 Å². The van der Waals surface area contributed by atoms with E-state index in [1.54, 1.807) is 0 Å². The lowest BCUT2D eigenvalue weighted by Gasteiger charge is -2.18. The highest BCUT2D eigenvalue weighted by molar-refractivity contribution is 5.71. The fourth-order valence-electron chi connectivity index (χ4n) is 8.80. The Morgan fingerprint density at radius 1 is 0.313 bits per heavy atom. The van der Waals surface area contributed by atoms with E-state index in [0.717, 1.165) is 70.6 Å². The molecular weight excluding hydrogens is 829 g/mol. The Labute approximate surface area is 416 Å². The van der Waals surface area contributed by atoms with Crippen LogP contribution in [0.4, 0.5) is 0 Å². The zero-order valence-corrected chi connectivity index (χ0v) is 44.9. The molecule has 6 nitrogen and oxygen atoms in total. The summed E-state index contributed by atoms with van der Waals surface area (Å²) in [4.78, 5) is 38.2. The predicted molar refractivity (Wildman–Crippen MR) is 289 cm³/mol. The number of hydrogen-bond donors (Lipinski definition) is 0. The van der Waals surface area contributed by atoms with Gasteiger partial charge in [0.15, 0.2) is 6.10 Å². The molecular formula is C61H112O6. The van der Waals surface area contributed by atoms with Crippen molar-refractivity contribution >= 4 is 17.9 Å². The lowest BCUT2D eigenvalue weighted by Crippen LogP contribution is -2.30. The molecule has 0 fully saturated rings. The highest BCUT2D eigenvalue weighted by Crippen LogP contribution is 2.17. The zero-order chi connectivity index (χ0) is 48.6. The molecule has 1 unspecified atom stereocenters. The van der Waals surface area contributed by atoms with Gasteiger partial charge >= 0.3 is 17.9 Å². The van der Waals surface area contributed by atoms with Gasteiger partial charge in [-0.3, -0.25) is 14.4 Å². The van der Waals surface area contributed by atoms with Crippen LogP contribution in [0.5, 0.6) is 0 Å². The fourth-order valence-corrected chi connectivity index (χ4v) is 8.80. The van der Waals surface area contributed by atoms with Gasteiger partial charge in [-0.05, 0) is 38.5 Å². The molecule has 0 aliphatic rings. The number of rotatable bonds is 54. The van der Waals surface area contributed by atoms with Crippen molar-refractivity contribution in [2.24, 2.45) is 0 Å². The van der Waals surface area contributed by atoms with Gasteiger partial charge in [-0.1, -0.05) is 295 Å². The molecule has 0 heterocycles. The number of carbonyl (C=O) groups is 3. The Morgan fingerprint density at radius 3 is 0.896 bits per heavy atom. The zero-order valence-electron chi connectivity index (χ0n) is 44.9. The normalized spacial score (nSPS) is 12.2. The summed E-state index contributed by atoms with van der Waals surface area (Å²) in [5.74, 6) is -0.863. The third kappa shape index (κ3) is 54.4. The molecule has 0 rings (SSSR count). The van der Waals surface area contributed by atoms with Crippen molar-refractivity contribution in [3.8, 4) is 0 Å². The first-order chi connectivity index (χ1) is 33.0. The molecule has 0 aliphatic heterocycles. The Morgan fingerprint density at radius 2 is 0.582 bits per heavy atom. The number of unbranched alkanes of at least 4 members (excludes halogenated alkanes) is 39. The van der Waals surface area contributed by atoms with E-state index in [0.29, 0.717) is 19.3 Å². The van der Waals surface area contributed by atoms with Crippen molar-refractivity contribution in [3.63, 3.8) is 0 Å². The van der Waals surface area contributed by atoms with Crippen LogP contribution in [-0.2, 0) is 28.6 Å². The molecule has 0 bridgehead atoms. The van der Waals surface area contributed by atoms with Crippen LogP contribution in [0.2, 0.25) is 0 Å². The number of hydrogen-bond acceptors (Lipinski definition) is 6. The molecule has 0 aromatic carbocycles. The maximum Gasteiger partial charge on any atom is 0.306 e. The molecule has 0 N–H and O–H groups in total. The van der Waals surface area contributed by atoms with E-state index in [9.17, 15) is 14.4 Å². The first-order valence-electron chi connectivity index (χ1n) is 29.5. The highest BCUT2D eigenvalue weighted by atomic mass is 16.6. The van der Waals surface area contributed by atoms with Gasteiger partial charge in [0.2, 0.25) is 0 Å². The van der Waals surface area contributed by atoms with Crippen LogP contribution >= 0.6 is 0 Å². The van der Waals surface area contributed by atoms with Gasteiger partial charge in [-0.15, -0.1) is 0 Å². The molecule has 0 amide bonds. The average molecular weight is 942 g/mol. The molecule has 67 heavy (non-hydrogen) atoms. The fraction of sp³-hybridized carbons (Fsp3) is 0.852. The van der Waals surface area contributed by atoms with E-state index in [2.05, 4.69) is 57.2 Å². The first kappa shape index (κ1) is 64.6. The van der Waals surface area contributed by atoms with Gasteiger partial charge in [0.25, 0.3) is 0 Å². The van der Waals surface area contributed by atoms with Gasteiger partial charge in [0.05, 0.1) is 0 Å². The lowest BCUT2D eigenvalue weighted by atomic mass is 10.0. The Kier molecular flexibility index (Phi) is 54.2. The molecule has 0 radical (unpaired) electrons. The third-order valence-electron chi connectivity index (χ3n) is 13.2. The molecule has 392 valence electrons. The number of ether oxygens (including phenoxy) is 3. The Bertz CT molecular complexity index is 1130. The maximum absolute atomic E-state index is 12.8. The largest absolute Gasteiger partial charge is 0.462 e. The van der Waals surface area contributed by atoms with Crippen LogP contribution in [0.3, 0.4) is 0 Å². The summed E-state index contributed by atoms with van der Waals surface area (Å²) in [7, 11) is 0. The molecule has 0 aliphatic carbocycles. The SMILES string of the molecule is CC\C=C/C=C\C=C/CCCCCCCCCC(=O)OC(COC(=O)CCCCCCCCCCCCCCCCC)COC(=O)CCCCCCCCCCCCCCCCCCCCC. The van der Waals surface area contributed by atoms with Crippen LogP contribution in [0.1, 0.15) is 316 Å². The molecule has 0 aromatic rings. The minimum absolute atomic E-state index is 0.0721. The van der Waals surface area contributed by atoms with Gasteiger partial charge < -0.3 is 14.2 Å². The molecule has 1 atom stereocenters. The minimum Gasteiger partial charge on any atom is -0.462 e. The van der Waals surface area contributed by atoms with Crippen LogP contribution in [-0.4, -0.2) is 37.2 Å². The average Bonchev–Trinajstić information content (AvgIpc) is 3.33. The topological polar surface area (TPSA) is 78.9 Å². The Hall–Kier alpha value is -2.37. The second-order valence-electron chi connectivity index (χ2n) is 20.0. The van der Waals surface area contributed by atoms with Crippen molar-refractivity contribution in [3.05, 3.63) is 36.5 Å². The van der Waals surface area contributed by atoms with Gasteiger partial charge in [-0.2, -0.15) is 0 Å². The summed E-state index contributed by atoms with van der Waals surface area (Å²) < 4.78 is 16.9. The highest BCUT2D eigenvalue weighted by Gasteiger charge is 2.19. The monoisotopic (exact) mass is 941 g/mol. The minimum atomic E-state index is -0.774. The van der Waals surface area contributed by atoms with E-state index < -0.39 is 6.10 Å². The van der Waals surface area contributed by atoms with Crippen molar-refractivity contribution < 1.29 is 28.6 Å². The molecule has 0 saturated heterocycles. The van der Waals surface area contributed by atoms with Gasteiger partial charge in [0, 0.05) is 19.3 Å². The van der Waals surface area contributed by atoms with Crippen molar-refractivity contribution in [1.29, 1.82) is 0 Å². The third-order valence-corrected chi connectivity index (χ3v) is 13.2. The number of esters is 3. The van der Waals surface area contributed by atoms with Crippen LogP contribution < -0.4 is 0 Å². The maximum atomic E-state index is 12.8. The summed E-state index contributed by atoms with van der Waals surface area (Å²) in [6, 6.07) is 0.